The Labute approximate surface area is 121 Å². The van der Waals surface area contributed by atoms with Crippen LogP contribution in [0.4, 0.5) is 5.82 Å². The Balaban J connectivity index is 2.61. The first-order valence-corrected chi connectivity index (χ1v) is 7.46. The first-order chi connectivity index (χ1) is 9.13. The van der Waals surface area contributed by atoms with Crippen molar-refractivity contribution < 1.29 is 0 Å². The Kier molecular flexibility index (Phi) is 7.10. The Morgan fingerprint density at radius 1 is 1.05 bits per heavy atom. The van der Waals surface area contributed by atoms with Gasteiger partial charge in [0.15, 0.2) is 0 Å². The van der Waals surface area contributed by atoms with Crippen LogP contribution in [0, 0.1) is 6.92 Å². The van der Waals surface area contributed by atoms with Crippen LogP contribution >= 0.6 is 11.6 Å². The highest BCUT2D eigenvalue weighted by Crippen LogP contribution is 2.21. The lowest BCUT2D eigenvalue weighted by Crippen LogP contribution is -2.30. The van der Waals surface area contributed by atoms with Crippen molar-refractivity contribution in [2.24, 2.45) is 0 Å². The van der Waals surface area contributed by atoms with Gasteiger partial charge in [-0.15, -0.1) is 0 Å². The van der Waals surface area contributed by atoms with E-state index in [1.807, 2.05) is 6.92 Å². The minimum atomic E-state index is 0.548. The number of halogens is 1. The van der Waals surface area contributed by atoms with Crippen molar-refractivity contribution in [1.82, 2.24) is 14.9 Å². The molecule has 0 fully saturated rings. The maximum absolute atomic E-state index is 6.06. The van der Waals surface area contributed by atoms with E-state index in [2.05, 4.69) is 40.5 Å². The summed E-state index contributed by atoms with van der Waals surface area (Å²) in [5.74, 6) is 0.960. The minimum absolute atomic E-state index is 0.548. The van der Waals surface area contributed by atoms with Gasteiger partial charge >= 0.3 is 0 Å². The van der Waals surface area contributed by atoms with E-state index < -0.39 is 0 Å². The highest BCUT2D eigenvalue weighted by atomic mass is 35.5. The van der Waals surface area contributed by atoms with E-state index in [1.165, 1.54) is 6.33 Å². The summed E-state index contributed by atoms with van der Waals surface area (Å²) in [4.78, 5) is 13.1. The molecule has 108 valence electrons. The van der Waals surface area contributed by atoms with Gasteiger partial charge < -0.3 is 9.80 Å². The van der Waals surface area contributed by atoms with Gasteiger partial charge in [0.25, 0.3) is 0 Å². The Bertz CT molecular complexity index is 380. The molecule has 1 aromatic rings. The minimum Gasteiger partial charge on any atom is -0.356 e. The zero-order valence-electron chi connectivity index (χ0n) is 12.5. The molecule has 0 aliphatic heterocycles. The molecule has 0 saturated heterocycles. The number of nitrogens with zero attached hydrogens (tertiary/aromatic N) is 4. The number of anilines is 1. The Morgan fingerprint density at radius 3 is 2.32 bits per heavy atom. The number of aromatic nitrogens is 2. The molecule has 1 heterocycles. The van der Waals surface area contributed by atoms with Gasteiger partial charge in [-0.1, -0.05) is 25.4 Å². The van der Waals surface area contributed by atoms with Gasteiger partial charge in [0.05, 0.1) is 0 Å². The van der Waals surface area contributed by atoms with Crippen molar-refractivity contribution in [3.05, 3.63) is 17.0 Å². The predicted octanol–water partition coefficient (Wildman–Crippen LogP) is 3.00. The maximum atomic E-state index is 6.06. The van der Waals surface area contributed by atoms with Crippen LogP contribution in [0.3, 0.4) is 0 Å². The molecule has 19 heavy (non-hydrogen) atoms. The summed E-state index contributed by atoms with van der Waals surface area (Å²) in [6, 6.07) is 0. The van der Waals surface area contributed by atoms with Crippen LogP contribution in [0.1, 0.15) is 32.8 Å². The quantitative estimate of drug-likeness (QED) is 0.687. The first kappa shape index (κ1) is 16.2. The number of hydrogen-bond donors (Lipinski definition) is 0. The molecule has 0 saturated carbocycles. The molecule has 0 aliphatic rings. The SMILES string of the molecule is CCN(CC)CCCN(CC)c1ncnc(Cl)c1C. The molecular formula is C14H25ClN4. The monoisotopic (exact) mass is 284 g/mol. The summed E-state index contributed by atoms with van der Waals surface area (Å²) in [6.07, 6.45) is 2.67. The largest absolute Gasteiger partial charge is 0.356 e. The highest BCUT2D eigenvalue weighted by Gasteiger charge is 2.12. The van der Waals surface area contributed by atoms with Crippen LogP contribution in [0.25, 0.3) is 0 Å². The van der Waals surface area contributed by atoms with Gasteiger partial charge in [-0.05, 0) is 39.9 Å². The molecule has 0 bridgehead atoms. The van der Waals surface area contributed by atoms with Crippen molar-refractivity contribution in [2.45, 2.75) is 34.1 Å². The number of rotatable bonds is 8. The Morgan fingerprint density at radius 2 is 1.74 bits per heavy atom. The van der Waals surface area contributed by atoms with Gasteiger partial charge in [-0.25, -0.2) is 9.97 Å². The lowest BCUT2D eigenvalue weighted by Gasteiger charge is -2.25. The zero-order valence-corrected chi connectivity index (χ0v) is 13.2. The van der Waals surface area contributed by atoms with E-state index in [9.17, 15) is 0 Å². The van der Waals surface area contributed by atoms with Crippen LogP contribution in [0.2, 0.25) is 5.15 Å². The smallest absolute Gasteiger partial charge is 0.137 e. The van der Waals surface area contributed by atoms with E-state index in [4.69, 9.17) is 11.6 Å². The molecule has 0 N–H and O–H groups in total. The lowest BCUT2D eigenvalue weighted by atomic mass is 10.3. The topological polar surface area (TPSA) is 32.3 Å². The van der Waals surface area contributed by atoms with E-state index in [1.54, 1.807) is 0 Å². The predicted molar refractivity (Wildman–Crippen MR) is 82.1 cm³/mol. The van der Waals surface area contributed by atoms with Crippen molar-refractivity contribution in [1.29, 1.82) is 0 Å². The molecule has 0 unspecified atom stereocenters. The number of hydrogen-bond acceptors (Lipinski definition) is 4. The van der Waals surface area contributed by atoms with E-state index in [-0.39, 0.29) is 0 Å². The molecule has 4 nitrogen and oxygen atoms in total. The average Bonchev–Trinajstić information content (AvgIpc) is 2.43. The fraction of sp³-hybridized carbons (Fsp3) is 0.714. The van der Waals surface area contributed by atoms with E-state index in [0.29, 0.717) is 5.15 Å². The molecule has 5 heteroatoms. The first-order valence-electron chi connectivity index (χ1n) is 7.08. The second-order valence-corrected chi connectivity index (χ2v) is 4.93. The van der Waals surface area contributed by atoms with Crippen LogP contribution in [0.15, 0.2) is 6.33 Å². The second-order valence-electron chi connectivity index (χ2n) is 4.57. The third-order valence-electron chi connectivity index (χ3n) is 3.47. The van der Waals surface area contributed by atoms with E-state index in [0.717, 1.165) is 50.5 Å². The Hall–Kier alpha value is -0.870. The second kappa shape index (κ2) is 8.33. The van der Waals surface area contributed by atoms with Crippen LogP contribution in [-0.2, 0) is 0 Å². The normalized spacial score (nSPS) is 11.1. The van der Waals surface area contributed by atoms with Gasteiger partial charge in [-0.2, -0.15) is 0 Å². The van der Waals surface area contributed by atoms with Crippen LogP contribution in [0.5, 0.6) is 0 Å². The summed E-state index contributed by atoms with van der Waals surface area (Å²) in [7, 11) is 0. The summed E-state index contributed by atoms with van der Waals surface area (Å²) in [5.41, 5.74) is 0.967. The van der Waals surface area contributed by atoms with Gasteiger partial charge in [0.2, 0.25) is 0 Å². The third kappa shape index (κ3) is 4.62. The molecule has 0 aromatic carbocycles. The van der Waals surface area contributed by atoms with Crippen molar-refractivity contribution in [2.75, 3.05) is 37.6 Å². The molecule has 0 atom stereocenters. The van der Waals surface area contributed by atoms with Crippen LogP contribution in [-0.4, -0.2) is 47.6 Å². The maximum Gasteiger partial charge on any atom is 0.137 e. The molecule has 0 aliphatic carbocycles. The van der Waals surface area contributed by atoms with E-state index >= 15 is 0 Å². The van der Waals surface area contributed by atoms with Crippen LogP contribution < -0.4 is 4.90 Å². The fourth-order valence-corrected chi connectivity index (χ4v) is 2.31. The van der Waals surface area contributed by atoms with Gasteiger partial charge in [0, 0.05) is 18.7 Å². The molecule has 0 spiro atoms. The lowest BCUT2D eigenvalue weighted by molar-refractivity contribution is 0.300. The summed E-state index contributed by atoms with van der Waals surface area (Å²) >= 11 is 6.06. The van der Waals surface area contributed by atoms with Crippen molar-refractivity contribution in [3.8, 4) is 0 Å². The zero-order chi connectivity index (χ0) is 14.3. The van der Waals surface area contributed by atoms with Gasteiger partial charge in [0.1, 0.15) is 17.3 Å². The summed E-state index contributed by atoms with van der Waals surface area (Å²) in [5, 5.41) is 0.548. The highest BCUT2D eigenvalue weighted by molar-refractivity contribution is 6.30. The van der Waals surface area contributed by atoms with Crippen molar-refractivity contribution >= 4 is 17.4 Å². The molecule has 0 radical (unpaired) electrons. The summed E-state index contributed by atoms with van der Waals surface area (Å²) in [6.45, 7) is 13.8. The molecule has 0 amide bonds. The molecule has 1 rings (SSSR count). The third-order valence-corrected chi connectivity index (χ3v) is 3.86. The molecule has 1 aromatic heterocycles. The molecular weight excluding hydrogens is 260 g/mol. The average molecular weight is 285 g/mol. The standard InChI is InChI=1S/C14H25ClN4/c1-5-18(6-2)9-8-10-19(7-3)14-12(4)13(15)16-11-17-14/h11H,5-10H2,1-4H3. The van der Waals surface area contributed by atoms with Gasteiger partial charge in [-0.3, -0.25) is 0 Å². The summed E-state index contributed by atoms with van der Waals surface area (Å²) < 4.78 is 0. The fourth-order valence-electron chi connectivity index (χ4n) is 2.18. The van der Waals surface area contributed by atoms with Crippen molar-refractivity contribution in [3.63, 3.8) is 0 Å².